The molecule has 5 heteroatoms. The predicted octanol–water partition coefficient (Wildman–Crippen LogP) is 2.24. The first-order chi connectivity index (χ1) is 11.0. The quantitative estimate of drug-likeness (QED) is 0.859. The van der Waals surface area contributed by atoms with Crippen molar-refractivity contribution in [2.24, 2.45) is 5.73 Å². The van der Waals surface area contributed by atoms with Crippen LogP contribution in [0.2, 0.25) is 0 Å². The van der Waals surface area contributed by atoms with Crippen LogP contribution in [0.1, 0.15) is 22.8 Å². The summed E-state index contributed by atoms with van der Waals surface area (Å²) < 4.78 is 0. The van der Waals surface area contributed by atoms with Crippen LogP contribution in [0.3, 0.4) is 0 Å². The molecule has 23 heavy (non-hydrogen) atoms. The van der Waals surface area contributed by atoms with Gasteiger partial charge in [-0.15, -0.1) is 0 Å². The second-order valence-electron chi connectivity index (χ2n) is 5.51. The third-order valence-electron chi connectivity index (χ3n) is 3.75. The Hall–Kier alpha value is -2.66. The van der Waals surface area contributed by atoms with Crippen molar-refractivity contribution in [3.63, 3.8) is 0 Å². The van der Waals surface area contributed by atoms with Gasteiger partial charge < -0.3 is 11.1 Å². The Morgan fingerprint density at radius 1 is 1.09 bits per heavy atom. The number of benzene rings is 2. The molecule has 0 aliphatic heterocycles. The molecule has 0 aliphatic rings. The lowest BCUT2D eigenvalue weighted by molar-refractivity contribution is -0.120. The van der Waals surface area contributed by atoms with E-state index in [0.29, 0.717) is 17.8 Å². The number of primary amides is 1. The first kappa shape index (κ1) is 16.7. The number of nitrogens with one attached hydrogen (secondary N) is 1. The van der Waals surface area contributed by atoms with Crippen LogP contribution < -0.4 is 11.1 Å². The van der Waals surface area contributed by atoms with E-state index in [0.717, 1.165) is 5.56 Å². The normalized spacial score (nSPS) is 12.0. The lowest BCUT2D eigenvalue weighted by Crippen LogP contribution is -2.39. The summed E-state index contributed by atoms with van der Waals surface area (Å²) in [5.74, 6) is -0.589. The van der Waals surface area contributed by atoms with Gasteiger partial charge in [0.15, 0.2) is 0 Å². The number of hydrogen-bond acceptors (Lipinski definition) is 3. The van der Waals surface area contributed by atoms with Gasteiger partial charge in [-0.05, 0) is 43.8 Å². The number of carbonyl (C=O) groups excluding carboxylic acids is 2. The molecule has 1 atom stereocenters. The molecular weight excluding hydrogens is 290 g/mol. The van der Waals surface area contributed by atoms with Crippen LogP contribution in [0.4, 0.5) is 5.69 Å². The molecular formula is C18H21N3O2. The van der Waals surface area contributed by atoms with Crippen LogP contribution in [0.25, 0.3) is 0 Å². The zero-order valence-corrected chi connectivity index (χ0v) is 13.3. The second kappa shape index (κ2) is 7.56. The Morgan fingerprint density at radius 2 is 1.70 bits per heavy atom. The fourth-order valence-electron chi connectivity index (χ4n) is 2.17. The minimum Gasteiger partial charge on any atom is -0.366 e. The van der Waals surface area contributed by atoms with Crippen LogP contribution in [-0.2, 0) is 11.3 Å². The van der Waals surface area contributed by atoms with E-state index in [-0.39, 0.29) is 11.9 Å². The lowest BCUT2D eigenvalue weighted by atomic mass is 10.1. The Kier molecular flexibility index (Phi) is 5.49. The molecule has 0 heterocycles. The summed E-state index contributed by atoms with van der Waals surface area (Å²) in [4.78, 5) is 25.3. The van der Waals surface area contributed by atoms with Gasteiger partial charge in [0.1, 0.15) is 0 Å². The third-order valence-corrected chi connectivity index (χ3v) is 3.75. The van der Waals surface area contributed by atoms with Crippen molar-refractivity contribution in [3.05, 3.63) is 65.7 Å². The monoisotopic (exact) mass is 311 g/mol. The number of carbonyl (C=O) groups is 2. The maximum Gasteiger partial charge on any atom is 0.248 e. The van der Waals surface area contributed by atoms with E-state index in [1.807, 2.05) is 49.2 Å². The SMILES string of the molecule is CC(C(=O)Nc1ccc(C(N)=O)cc1)N(C)Cc1ccccc1. The molecule has 0 saturated carbocycles. The van der Waals surface area contributed by atoms with Crippen molar-refractivity contribution in [2.45, 2.75) is 19.5 Å². The molecule has 0 aromatic heterocycles. The van der Waals surface area contributed by atoms with Gasteiger partial charge >= 0.3 is 0 Å². The Bertz CT molecular complexity index is 668. The van der Waals surface area contributed by atoms with E-state index < -0.39 is 5.91 Å². The molecule has 0 radical (unpaired) electrons. The third kappa shape index (κ3) is 4.66. The summed E-state index contributed by atoms with van der Waals surface area (Å²) in [5, 5.41) is 2.84. The van der Waals surface area contributed by atoms with Gasteiger partial charge in [-0.25, -0.2) is 0 Å². The highest BCUT2D eigenvalue weighted by atomic mass is 16.2. The highest BCUT2D eigenvalue weighted by molar-refractivity contribution is 5.96. The molecule has 2 aromatic rings. The minimum absolute atomic E-state index is 0.102. The molecule has 3 N–H and O–H groups in total. The molecule has 0 spiro atoms. The van der Waals surface area contributed by atoms with Crippen molar-refractivity contribution in [2.75, 3.05) is 12.4 Å². The minimum atomic E-state index is -0.487. The maximum atomic E-state index is 12.3. The Labute approximate surface area is 136 Å². The summed E-state index contributed by atoms with van der Waals surface area (Å²) in [6.07, 6.45) is 0. The van der Waals surface area contributed by atoms with Gasteiger partial charge in [-0.1, -0.05) is 30.3 Å². The molecule has 0 saturated heterocycles. The molecule has 2 aromatic carbocycles. The van der Waals surface area contributed by atoms with Gasteiger partial charge in [-0.3, -0.25) is 14.5 Å². The van der Waals surface area contributed by atoms with Gasteiger partial charge in [0, 0.05) is 17.8 Å². The van der Waals surface area contributed by atoms with Crippen molar-refractivity contribution in [1.29, 1.82) is 0 Å². The number of nitrogens with zero attached hydrogens (tertiary/aromatic N) is 1. The first-order valence-electron chi connectivity index (χ1n) is 7.42. The Morgan fingerprint density at radius 3 is 2.26 bits per heavy atom. The number of rotatable bonds is 6. The molecule has 120 valence electrons. The van der Waals surface area contributed by atoms with E-state index in [9.17, 15) is 9.59 Å². The summed E-state index contributed by atoms with van der Waals surface area (Å²) >= 11 is 0. The zero-order chi connectivity index (χ0) is 16.8. The fraction of sp³-hybridized carbons (Fsp3) is 0.222. The van der Waals surface area contributed by atoms with Crippen LogP contribution in [0.5, 0.6) is 0 Å². The molecule has 0 aliphatic carbocycles. The lowest BCUT2D eigenvalue weighted by Gasteiger charge is -2.24. The number of amides is 2. The van der Waals surface area contributed by atoms with Gasteiger partial charge in [0.05, 0.1) is 6.04 Å². The molecule has 5 nitrogen and oxygen atoms in total. The topological polar surface area (TPSA) is 75.4 Å². The molecule has 2 amide bonds. The zero-order valence-electron chi connectivity index (χ0n) is 13.3. The summed E-state index contributed by atoms with van der Waals surface area (Å²) in [7, 11) is 1.91. The van der Waals surface area contributed by atoms with Crippen molar-refractivity contribution >= 4 is 17.5 Å². The first-order valence-corrected chi connectivity index (χ1v) is 7.42. The average Bonchev–Trinajstić information content (AvgIpc) is 2.55. The summed E-state index contributed by atoms with van der Waals surface area (Å²) in [6.45, 7) is 2.55. The molecule has 1 unspecified atom stereocenters. The summed E-state index contributed by atoms with van der Waals surface area (Å²) in [5.41, 5.74) is 7.40. The standard InChI is InChI=1S/C18H21N3O2/c1-13(21(2)12-14-6-4-3-5-7-14)18(23)20-16-10-8-15(9-11-16)17(19)22/h3-11,13H,12H2,1-2H3,(H2,19,22)(H,20,23). The second-order valence-corrected chi connectivity index (χ2v) is 5.51. The van der Waals surface area contributed by atoms with Gasteiger partial charge in [-0.2, -0.15) is 0 Å². The van der Waals surface area contributed by atoms with E-state index >= 15 is 0 Å². The van der Waals surface area contributed by atoms with Crippen LogP contribution >= 0.6 is 0 Å². The van der Waals surface area contributed by atoms with Crippen molar-refractivity contribution in [3.8, 4) is 0 Å². The number of hydrogen-bond donors (Lipinski definition) is 2. The fourth-order valence-corrected chi connectivity index (χ4v) is 2.17. The molecule has 0 bridgehead atoms. The largest absolute Gasteiger partial charge is 0.366 e. The number of likely N-dealkylation sites (N-methyl/N-ethyl adjacent to an activating group) is 1. The smallest absolute Gasteiger partial charge is 0.248 e. The highest BCUT2D eigenvalue weighted by Crippen LogP contribution is 2.12. The van der Waals surface area contributed by atoms with Gasteiger partial charge in [0.25, 0.3) is 0 Å². The van der Waals surface area contributed by atoms with E-state index in [4.69, 9.17) is 5.73 Å². The highest BCUT2D eigenvalue weighted by Gasteiger charge is 2.18. The number of nitrogens with two attached hydrogens (primary N) is 1. The van der Waals surface area contributed by atoms with Crippen LogP contribution in [0.15, 0.2) is 54.6 Å². The Balaban J connectivity index is 1.95. The number of anilines is 1. The van der Waals surface area contributed by atoms with Gasteiger partial charge in [0.2, 0.25) is 11.8 Å². The maximum absolute atomic E-state index is 12.3. The van der Waals surface area contributed by atoms with E-state index in [2.05, 4.69) is 5.32 Å². The van der Waals surface area contributed by atoms with E-state index in [1.165, 1.54) is 0 Å². The van der Waals surface area contributed by atoms with E-state index in [1.54, 1.807) is 24.3 Å². The molecule has 2 rings (SSSR count). The van der Waals surface area contributed by atoms with Crippen molar-refractivity contribution in [1.82, 2.24) is 4.90 Å². The van der Waals surface area contributed by atoms with Crippen LogP contribution in [-0.4, -0.2) is 29.8 Å². The average molecular weight is 311 g/mol. The van der Waals surface area contributed by atoms with Crippen LogP contribution in [0, 0.1) is 0 Å². The van der Waals surface area contributed by atoms with Crippen molar-refractivity contribution < 1.29 is 9.59 Å². The molecule has 0 fully saturated rings. The summed E-state index contributed by atoms with van der Waals surface area (Å²) in [6, 6.07) is 16.2. The predicted molar refractivity (Wildman–Crippen MR) is 91.0 cm³/mol.